The Bertz CT molecular complexity index is 1400. The number of carbonyl (C=O) groups is 2. The molecule has 2 aliphatic heterocycles. The van der Waals surface area contributed by atoms with Gasteiger partial charge in [0, 0.05) is 0 Å². The Morgan fingerprint density at radius 2 is 1.15 bits per heavy atom. The summed E-state index contributed by atoms with van der Waals surface area (Å²) < 4.78 is 27.3. The van der Waals surface area contributed by atoms with Crippen LogP contribution in [0.1, 0.15) is 52.6 Å². The Morgan fingerprint density at radius 1 is 0.696 bits per heavy atom. The highest BCUT2D eigenvalue weighted by Crippen LogP contribution is 2.29. The number of hydrogen-bond acceptors (Lipinski definition) is 13. The number of hydrogen-bond donors (Lipinski definition) is 6. The van der Waals surface area contributed by atoms with Crippen molar-refractivity contribution in [3.8, 4) is 0 Å². The van der Waals surface area contributed by atoms with Crippen LogP contribution < -0.4 is 0 Å². The molecule has 2 saturated heterocycles. The smallest absolute Gasteiger partial charge is 0.338 e. The number of rotatable bonds is 10. The molecule has 4 rings (SSSR count). The molecule has 10 unspecified atom stereocenters. The zero-order valence-corrected chi connectivity index (χ0v) is 25.6. The number of carbonyl (C=O) groups excluding carboxylic acids is 2. The number of aliphatic hydroxyl groups is 6. The molecule has 0 aromatic heterocycles. The molecule has 250 valence electrons. The Kier molecular flexibility index (Phi) is 12.2. The summed E-state index contributed by atoms with van der Waals surface area (Å²) in [5.74, 6) is -1.46. The molecule has 0 saturated carbocycles. The maximum absolute atomic E-state index is 12.7. The van der Waals surface area contributed by atoms with Crippen LogP contribution in [0, 0.1) is 0 Å². The highest BCUT2D eigenvalue weighted by atomic mass is 16.8. The van der Waals surface area contributed by atoms with Crippen LogP contribution in [0.5, 0.6) is 0 Å². The van der Waals surface area contributed by atoms with Crippen molar-refractivity contribution >= 4 is 24.1 Å². The first-order chi connectivity index (χ1) is 21.9. The molecule has 6 N–H and O–H groups in total. The molecule has 13 nitrogen and oxygen atoms in total. The van der Waals surface area contributed by atoms with Gasteiger partial charge in [-0.2, -0.15) is 0 Å². The fourth-order valence-electron chi connectivity index (χ4n) is 5.00. The number of ether oxygens (including phenoxy) is 5. The van der Waals surface area contributed by atoms with Gasteiger partial charge in [0.05, 0.1) is 11.1 Å². The summed E-state index contributed by atoms with van der Waals surface area (Å²) in [4.78, 5) is 25.3. The van der Waals surface area contributed by atoms with Crippen LogP contribution in [0.25, 0.3) is 12.2 Å². The molecule has 2 aromatic rings. The van der Waals surface area contributed by atoms with Gasteiger partial charge in [-0.1, -0.05) is 48.1 Å². The molecule has 2 aromatic carbocycles. The first kappa shape index (κ1) is 35.4. The van der Waals surface area contributed by atoms with Crippen molar-refractivity contribution in [3.05, 3.63) is 82.4 Å². The quantitative estimate of drug-likeness (QED) is 0.199. The number of aliphatic hydroxyl groups excluding tert-OH is 6. The first-order valence-electron chi connectivity index (χ1n) is 14.8. The average Bonchev–Trinajstić information content (AvgIpc) is 3.03. The van der Waals surface area contributed by atoms with Crippen molar-refractivity contribution in [2.75, 3.05) is 13.2 Å². The largest absolute Gasteiger partial charge is 0.459 e. The van der Waals surface area contributed by atoms with Crippen molar-refractivity contribution < 1.29 is 63.9 Å². The van der Waals surface area contributed by atoms with Crippen molar-refractivity contribution in [2.24, 2.45) is 0 Å². The van der Waals surface area contributed by atoms with E-state index in [4.69, 9.17) is 23.7 Å². The van der Waals surface area contributed by atoms with Gasteiger partial charge < -0.3 is 54.3 Å². The molecular weight excluding hydrogens is 604 g/mol. The van der Waals surface area contributed by atoms with Crippen LogP contribution in [-0.4, -0.2) is 117 Å². The van der Waals surface area contributed by atoms with Crippen LogP contribution in [0.2, 0.25) is 0 Å². The summed E-state index contributed by atoms with van der Waals surface area (Å²) in [5.41, 5.74) is 3.03. The normalized spacial score (nSPS) is 31.3. The zero-order chi connectivity index (χ0) is 33.5. The molecular formula is C33H40O13. The van der Waals surface area contributed by atoms with Crippen LogP contribution in [-0.2, 0) is 23.7 Å². The van der Waals surface area contributed by atoms with Gasteiger partial charge >= 0.3 is 11.9 Å². The lowest BCUT2D eigenvalue weighted by molar-refractivity contribution is -0.376. The summed E-state index contributed by atoms with van der Waals surface area (Å²) in [6, 6.07) is 13.3. The summed E-state index contributed by atoms with van der Waals surface area (Å²) in [5, 5.41) is 63.0. The van der Waals surface area contributed by atoms with E-state index in [0.717, 1.165) is 16.7 Å². The summed E-state index contributed by atoms with van der Waals surface area (Å²) >= 11 is 0. The minimum absolute atomic E-state index is 0.230. The lowest BCUT2D eigenvalue weighted by Crippen LogP contribution is -2.64. The monoisotopic (exact) mass is 644 g/mol. The summed E-state index contributed by atoms with van der Waals surface area (Å²) in [6.45, 7) is 4.56. The van der Waals surface area contributed by atoms with E-state index in [0.29, 0.717) is 0 Å². The van der Waals surface area contributed by atoms with Gasteiger partial charge in [-0.25, -0.2) is 9.59 Å². The average molecular weight is 645 g/mol. The molecule has 0 spiro atoms. The van der Waals surface area contributed by atoms with Gasteiger partial charge in [-0.3, -0.25) is 0 Å². The topological polar surface area (TPSA) is 202 Å². The van der Waals surface area contributed by atoms with Crippen molar-refractivity contribution in [3.63, 3.8) is 0 Å². The maximum Gasteiger partial charge on any atom is 0.338 e. The van der Waals surface area contributed by atoms with Gasteiger partial charge in [0.15, 0.2) is 12.6 Å². The van der Waals surface area contributed by atoms with E-state index in [1.54, 1.807) is 48.6 Å². The number of allylic oxidation sites excluding steroid dienone is 2. The maximum atomic E-state index is 12.7. The molecule has 2 fully saturated rings. The SMILES string of the molecule is C/C=C/c1cccc(C(=O)OCC2OC(OC3OC(COC(=O)c4cccc(C=C(C)C)c4)C(O)C(O)C3O)C(O)C(O)C2O)c1. The lowest BCUT2D eigenvalue weighted by Gasteiger charge is -2.44. The van der Waals surface area contributed by atoms with E-state index in [2.05, 4.69) is 0 Å². The zero-order valence-electron chi connectivity index (χ0n) is 25.6. The Labute approximate surface area is 265 Å². The highest BCUT2D eigenvalue weighted by molar-refractivity contribution is 5.90. The van der Waals surface area contributed by atoms with Gasteiger partial charge in [0.1, 0.15) is 62.0 Å². The van der Waals surface area contributed by atoms with Crippen molar-refractivity contribution in [2.45, 2.75) is 82.2 Å². The second-order valence-electron chi connectivity index (χ2n) is 11.3. The third-order valence-electron chi connectivity index (χ3n) is 7.42. The molecule has 0 amide bonds. The molecule has 0 bridgehead atoms. The third-order valence-corrected chi connectivity index (χ3v) is 7.42. The Hall–Kier alpha value is -3.50. The molecule has 0 aliphatic carbocycles. The minimum atomic E-state index is -1.86. The third kappa shape index (κ3) is 8.64. The minimum Gasteiger partial charge on any atom is -0.459 e. The lowest BCUT2D eigenvalue weighted by atomic mass is 9.98. The molecule has 10 atom stereocenters. The molecule has 46 heavy (non-hydrogen) atoms. The predicted molar refractivity (Wildman–Crippen MR) is 162 cm³/mol. The van der Waals surface area contributed by atoms with E-state index >= 15 is 0 Å². The van der Waals surface area contributed by atoms with Gasteiger partial charge in [-0.15, -0.1) is 0 Å². The van der Waals surface area contributed by atoms with Crippen molar-refractivity contribution in [1.82, 2.24) is 0 Å². The van der Waals surface area contributed by atoms with E-state index in [1.807, 2.05) is 32.9 Å². The van der Waals surface area contributed by atoms with Gasteiger partial charge in [0.2, 0.25) is 0 Å². The fraction of sp³-hybridized carbons (Fsp3) is 0.455. The van der Waals surface area contributed by atoms with Crippen LogP contribution in [0.4, 0.5) is 0 Å². The second-order valence-corrected chi connectivity index (χ2v) is 11.3. The fourth-order valence-corrected chi connectivity index (χ4v) is 5.00. The standard InChI is InChI=1S/C33H40O13/c1-4-7-18-8-5-10-20(13-18)30(40)42-15-22-24(34)26(36)28(38)32(44-22)46-33-29(39)27(37)25(35)23(45-33)16-43-31(41)21-11-6-9-19(14-21)12-17(2)3/h4-14,22-29,32-39H,15-16H2,1-3H3/b7-4+. The number of benzene rings is 2. The van der Waals surface area contributed by atoms with E-state index in [1.165, 1.54) is 6.07 Å². The summed E-state index contributed by atoms with van der Waals surface area (Å²) in [7, 11) is 0. The second kappa shape index (κ2) is 15.9. The van der Waals surface area contributed by atoms with Crippen LogP contribution >= 0.6 is 0 Å². The highest BCUT2D eigenvalue weighted by Gasteiger charge is 2.50. The molecule has 13 heteroatoms. The predicted octanol–water partition coefficient (Wildman–Crippen LogP) is 0.788. The molecule has 2 aliphatic rings. The van der Waals surface area contributed by atoms with E-state index in [9.17, 15) is 40.2 Å². The van der Waals surface area contributed by atoms with E-state index < -0.39 is 86.6 Å². The Balaban J connectivity index is 1.39. The first-order valence-corrected chi connectivity index (χ1v) is 14.8. The molecule has 0 radical (unpaired) electrons. The Morgan fingerprint density at radius 3 is 1.61 bits per heavy atom. The summed E-state index contributed by atoms with van der Waals surface area (Å²) in [6.07, 6.45) is -11.5. The molecule has 2 heterocycles. The van der Waals surface area contributed by atoms with Gasteiger partial charge in [-0.05, 0) is 56.2 Å². The van der Waals surface area contributed by atoms with Crippen molar-refractivity contribution in [1.29, 1.82) is 0 Å². The number of esters is 2. The van der Waals surface area contributed by atoms with E-state index in [-0.39, 0.29) is 11.1 Å². The van der Waals surface area contributed by atoms with Gasteiger partial charge in [0.25, 0.3) is 0 Å². The van der Waals surface area contributed by atoms with Crippen LogP contribution in [0.3, 0.4) is 0 Å². The van der Waals surface area contributed by atoms with Crippen LogP contribution in [0.15, 0.2) is 60.2 Å².